The number of nitrogens with two attached hydrogens (primary N) is 1. The summed E-state index contributed by atoms with van der Waals surface area (Å²) in [6.45, 7) is 0.354. The van der Waals surface area contributed by atoms with E-state index in [1.54, 1.807) is 0 Å². The van der Waals surface area contributed by atoms with E-state index in [9.17, 15) is 4.79 Å². The molecular formula is C10H10BrNO3. The molecule has 0 bridgehead atoms. The van der Waals surface area contributed by atoms with E-state index in [2.05, 4.69) is 15.9 Å². The van der Waals surface area contributed by atoms with Gasteiger partial charge in [0.05, 0.1) is 0 Å². The zero-order valence-corrected chi connectivity index (χ0v) is 9.49. The number of amides is 1. The van der Waals surface area contributed by atoms with E-state index in [1.165, 1.54) is 0 Å². The number of primary amides is 1. The molecule has 5 heteroatoms. The summed E-state index contributed by atoms with van der Waals surface area (Å²) in [5, 5.41) is 0. The molecule has 1 amide bonds. The third kappa shape index (κ3) is 2.41. The number of benzene rings is 1. The monoisotopic (exact) mass is 271 g/mol. The summed E-state index contributed by atoms with van der Waals surface area (Å²) < 4.78 is 11.3. The SMILES string of the molecule is NC(=O)OC1COc2cc(Br)ccc2C1. The molecule has 0 saturated heterocycles. The van der Waals surface area contributed by atoms with Crippen LogP contribution in [-0.4, -0.2) is 18.8 Å². The predicted octanol–water partition coefficient (Wildman–Crippen LogP) is 1.85. The molecule has 1 atom stereocenters. The average molecular weight is 272 g/mol. The van der Waals surface area contributed by atoms with Gasteiger partial charge in [0.25, 0.3) is 0 Å². The quantitative estimate of drug-likeness (QED) is 0.848. The maximum atomic E-state index is 10.6. The molecule has 2 N–H and O–H groups in total. The van der Waals surface area contributed by atoms with Crippen LogP contribution in [0.15, 0.2) is 22.7 Å². The second kappa shape index (κ2) is 4.10. The molecule has 4 nitrogen and oxygen atoms in total. The van der Waals surface area contributed by atoms with Gasteiger partial charge in [-0.1, -0.05) is 22.0 Å². The Morgan fingerprint density at radius 2 is 2.40 bits per heavy atom. The van der Waals surface area contributed by atoms with Gasteiger partial charge in [0.15, 0.2) is 0 Å². The van der Waals surface area contributed by atoms with Gasteiger partial charge in [-0.3, -0.25) is 0 Å². The zero-order valence-electron chi connectivity index (χ0n) is 7.90. The normalized spacial score (nSPS) is 18.9. The minimum atomic E-state index is -0.760. The molecule has 1 aliphatic heterocycles. The standard InChI is InChI=1S/C10H10BrNO3/c11-7-2-1-6-3-8(15-10(12)13)5-14-9(6)4-7/h1-2,4,8H,3,5H2,(H2,12,13). The predicted molar refractivity (Wildman–Crippen MR) is 57.8 cm³/mol. The van der Waals surface area contributed by atoms with Crippen LogP contribution >= 0.6 is 15.9 Å². The Labute approximate surface area is 95.5 Å². The smallest absolute Gasteiger partial charge is 0.404 e. The van der Waals surface area contributed by atoms with Gasteiger partial charge in [0.1, 0.15) is 18.5 Å². The fraction of sp³-hybridized carbons (Fsp3) is 0.300. The van der Waals surface area contributed by atoms with Gasteiger partial charge in [0, 0.05) is 10.9 Å². The van der Waals surface area contributed by atoms with Crippen LogP contribution in [0.2, 0.25) is 0 Å². The van der Waals surface area contributed by atoms with Crippen molar-refractivity contribution < 1.29 is 14.3 Å². The number of carbonyl (C=O) groups is 1. The van der Waals surface area contributed by atoms with Crippen molar-refractivity contribution >= 4 is 22.0 Å². The van der Waals surface area contributed by atoms with Crippen LogP contribution in [0.1, 0.15) is 5.56 Å². The van der Waals surface area contributed by atoms with Crippen molar-refractivity contribution in [2.45, 2.75) is 12.5 Å². The van der Waals surface area contributed by atoms with E-state index in [1.807, 2.05) is 18.2 Å². The number of hydrogen-bond acceptors (Lipinski definition) is 3. The van der Waals surface area contributed by atoms with Crippen molar-refractivity contribution in [2.24, 2.45) is 5.73 Å². The first kappa shape index (κ1) is 10.3. The van der Waals surface area contributed by atoms with Crippen LogP contribution in [0.25, 0.3) is 0 Å². The molecule has 1 aromatic rings. The molecule has 0 fully saturated rings. The molecule has 1 aromatic carbocycles. The summed E-state index contributed by atoms with van der Waals surface area (Å²) in [7, 11) is 0. The first-order valence-corrected chi connectivity index (χ1v) is 5.32. The Kier molecular flexibility index (Phi) is 2.81. The maximum Gasteiger partial charge on any atom is 0.404 e. The first-order chi connectivity index (χ1) is 7.15. The Morgan fingerprint density at radius 3 is 3.13 bits per heavy atom. The molecule has 0 aliphatic carbocycles. The minimum Gasteiger partial charge on any atom is -0.489 e. The van der Waals surface area contributed by atoms with Crippen LogP contribution in [0.5, 0.6) is 5.75 Å². The summed E-state index contributed by atoms with van der Waals surface area (Å²) in [4.78, 5) is 10.6. The highest BCUT2D eigenvalue weighted by Gasteiger charge is 2.22. The van der Waals surface area contributed by atoms with Gasteiger partial charge >= 0.3 is 6.09 Å². The first-order valence-electron chi connectivity index (χ1n) is 4.52. The molecule has 80 valence electrons. The van der Waals surface area contributed by atoms with Gasteiger partial charge in [0.2, 0.25) is 0 Å². The summed E-state index contributed by atoms with van der Waals surface area (Å²) in [5.74, 6) is 0.827. The number of rotatable bonds is 1. The van der Waals surface area contributed by atoms with Crippen molar-refractivity contribution in [1.29, 1.82) is 0 Å². The molecule has 15 heavy (non-hydrogen) atoms. The van der Waals surface area contributed by atoms with Crippen LogP contribution in [0, 0.1) is 0 Å². The van der Waals surface area contributed by atoms with E-state index in [0.717, 1.165) is 15.8 Å². The molecule has 0 aromatic heterocycles. The van der Waals surface area contributed by atoms with Crippen LogP contribution in [0.3, 0.4) is 0 Å². The molecule has 0 spiro atoms. The lowest BCUT2D eigenvalue weighted by atomic mass is 10.0. The second-order valence-corrected chi connectivity index (χ2v) is 4.24. The van der Waals surface area contributed by atoms with Gasteiger partial charge in [-0.25, -0.2) is 4.79 Å². The van der Waals surface area contributed by atoms with Gasteiger partial charge in [-0.2, -0.15) is 0 Å². The number of fused-ring (bicyclic) bond motifs is 1. The van der Waals surface area contributed by atoms with E-state index >= 15 is 0 Å². The molecule has 1 unspecified atom stereocenters. The highest BCUT2D eigenvalue weighted by atomic mass is 79.9. The number of halogens is 1. The lowest BCUT2D eigenvalue weighted by Crippen LogP contribution is -2.32. The Hall–Kier alpha value is -1.23. The molecule has 0 radical (unpaired) electrons. The topological polar surface area (TPSA) is 61.6 Å². The summed E-state index contributed by atoms with van der Waals surface area (Å²) in [6.07, 6.45) is -0.397. The third-order valence-electron chi connectivity index (χ3n) is 2.18. The van der Waals surface area contributed by atoms with Crippen molar-refractivity contribution in [3.05, 3.63) is 28.2 Å². The molecule has 1 aliphatic rings. The lowest BCUT2D eigenvalue weighted by molar-refractivity contribution is 0.0616. The van der Waals surface area contributed by atoms with Crippen molar-refractivity contribution in [1.82, 2.24) is 0 Å². The molecule has 1 heterocycles. The van der Waals surface area contributed by atoms with Crippen LogP contribution < -0.4 is 10.5 Å². The fourth-order valence-corrected chi connectivity index (χ4v) is 1.90. The van der Waals surface area contributed by atoms with E-state index < -0.39 is 6.09 Å². The van der Waals surface area contributed by atoms with Crippen molar-refractivity contribution in [3.63, 3.8) is 0 Å². The van der Waals surface area contributed by atoms with Crippen molar-refractivity contribution in [3.8, 4) is 5.75 Å². The minimum absolute atomic E-state index is 0.281. The average Bonchev–Trinajstić information content (AvgIpc) is 2.17. The third-order valence-corrected chi connectivity index (χ3v) is 2.68. The van der Waals surface area contributed by atoms with Gasteiger partial charge in [-0.05, 0) is 17.7 Å². The van der Waals surface area contributed by atoms with E-state index in [0.29, 0.717) is 13.0 Å². The van der Waals surface area contributed by atoms with Gasteiger partial charge in [-0.15, -0.1) is 0 Å². The molecule has 0 saturated carbocycles. The maximum absolute atomic E-state index is 10.6. The second-order valence-electron chi connectivity index (χ2n) is 3.33. The van der Waals surface area contributed by atoms with E-state index in [4.69, 9.17) is 15.2 Å². The van der Waals surface area contributed by atoms with Crippen molar-refractivity contribution in [2.75, 3.05) is 6.61 Å². The van der Waals surface area contributed by atoms with E-state index in [-0.39, 0.29) is 6.10 Å². The Morgan fingerprint density at radius 1 is 1.60 bits per heavy atom. The van der Waals surface area contributed by atoms with Gasteiger partial charge < -0.3 is 15.2 Å². The van der Waals surface area contributed by atoms with Crippen LogP contribution in [-0.2, 0) is 11.2 Å². The number of ether oxygens (including phenoxy) is 2. The highest BCUT2D eigenvalue weighted by Crippen LogP contribution is 2.28. The molecular weight excluding hydrogens is 262 g/mol. The number of hydrogen-bond donors (Lipinski definition) is 1. The number of carbonyl (C=O) groups excluding carboxylic acids is 1. The Bertz CT molecular complexity index is 394. The zero-order chi connectivity index (χ0) is 10.8. The summed E-state index contributed by atoms with van der Waals surface area (Å²) in [6, 6.07) is 5.76. The highest BCUT2D eigenvalue weighted by molar-refractivity contribution is 9.10. The Balaban J connectivity index is 2.13. The lowest BCUT2D eigenvalue weighted by Gasteiger charge is -2.24. The summed E-state index contributed by atoms with van der Waals surface area (Å²) >= 11 is 3.36. The summed E-state index contributed by atoms with van der Waals surface area (Å²) in [5.41, 5.74) is 5.97. The molecule has 2 rings (SSSR count). The largest absolute Gasteiger partial charge is 0.489 e. The fourth-order valence-electron chi connectivity index (χ4n) is 1.56. The van der Waals surface area contributed by atoms with Crippen LogP contribution in [0.4, 0.5) is 4.79 Å².